The molecule has 0 bridgehead atoms. The zero-order valence-corrected chi connectivity index (χ0v) is 17.1. The number of halogens is 3. The molecular formula is C22H26F3NS. The molecule has 1 aromatic heterocycles. The predicted molar refractivity (Wildman–Crippen MR) is 108 cm³/mol. The molecule has 5 heteroatoms. The summed E-state index contributed by atoms with van der Waals surface area (Å²) in [7, 11) is 1.76. The number of thiophene rings is 1. The number of aryl methyl sites for hydroxylation is 1. The largest absolute Gasteiger partial charge is 0.416 e. The monoisotopic (exact) mass is 393 g/mol. The van der Waals surface area contributed by atoms with E-state index in [4.69, 9.17) is 0 Å². The standard InChI is InChI=1S/C22H26F3NS/c1-13(2)19-17-11-21(3,4)9-8-18(17)27-20(19)16-7-6-15(22(23,24)25)10-14(16)12-26-5/h6-7,10,26H,1,8-9,11-12H2,2-5H3. The van der Waals surface area contributed by atoms with Gasteiger partial charge in [0.15, 0.2) is 0 Å². The Hall–Kier alpha value is -1.59. The lowest BCUT2D eigenvalue weighted by Crippen LogP contribution is -2.21. The van der Waals surface area contributed by atoms with Crippen LogP contribution in [-0.4, -0.2) is 7.05 Å². The van der Waals surface area contributed by atoms with Crippen LogP contribution in [0.25, 0.3) is 16.0 Å². The molecule has 1 aliphatic carbocycles. The van der Waals surface area contributed by atoms with E-state index in [1.54, 1.807) is 24.5 Å². The highest BCUT2D eigenvalue weighted by Crippen LogP contribution is 2.48. The van der Waals surface area contributed by atoms with Gasteiger partial charge >= 0.3 is 6.18 Å². The van der Waals surface area contributed by atoms with E-state index in [0.29, 0.717) is 12.1 Å². The maximum Gasteiger partial charge on any atom is 0.416 e. The number of rotatable bonds is 4. The molecule has 0 fully saturated rings. The Bertz CT molecular complexity index is 874. The van der Waals surface area contributed by atoms with E-state index >= 15 is 0 Å². The highest BCUT2D eigenvalue weighted by molar-refractivity contribution is 7.16. The van der Waals surface area contributed by atoms with Gasteiger partial charge in [-0.1, -0.05) is 26.5 Å². The summed E-state index contributed by atoms with van der Waals surface area (Å²) in [6.07, 6.45) is -1.19. The molecule has 0 saturated heterocycles. The summed E-state index contributed by atoms with van der Waals surface area (Å²) in [6.45, 7) is 11.1. The lowest BCUT2D eigenvalue weighted by molar-refractivity contribution is -0.137. The second kappa shape index (κ2) is 7.10. The minimum atomic E-state index is -4.34. The van der Waals surface area contributed by atoms with E-state index in [-0.39, 0.29) is 5.41 Å². The van der Waals surface area contributed by atoms with Crippen LogP contribution in [0.15, 0.2) is 24.8 Å². The molecule has 0 atom stereocenters. The van der Waals surface area contributed by atoms with E-state index in [1.165, 1.54) is 22.6 Å². The van der Waals surface area contributed by atoms with Crippen molar-refractivity contribution < 1.29 is 13.2 Å². The van der Waals surface area contributed by atoms with Gasteiger partial charge in [-0.3, -0.25) is 0 Å². The van der Waals surface area contributed by atoms with E-state index in [2.05, 4.69) is 25.7 Å². The Morgan fingerprint density at radius 1 is 1.30 bits per heavy atom. The number of nitrogens with one attached hydrogen (secondary N) is 1. The molecule has 2 aromatic rings. The highest BCUT2D eigenvalue weighted by Gasteiger charge is 2.33. The lowest BCUT2D eigenvalue weighted by atomic mass is 9.75. The molecule has 0 radical (unpaired) electrons. The first-order valence-corrected chi connectivity index (χ1v) is 10.0. The molecule has 146 valence electrons. The Morgan fingerprint density at radius 3 is 2.59 bits per heavy atom. The van der Waals surface area contributed by atoms with Gasteiger partial charge in [-0.05, 0) is 78.6 Å². The number of benzene rings is 1. The van der Waals surface area contributed by atoms with Crippen LogP contribution in [0, 0.1) is 5.41 Å². The minimum absolute atomic E-state index is 0.240. The lowest BCUT2D eigenvalue weighted by Gasteiger charge is -2.30. The summed E-state index contributed by atoms with van der Waals surface area (Å²) in [5, 5.41) is 3.01. The van der Waals surface area contributed by atoms with Crippen molar-refractivity contribution in [2.75, 3.05) is 7.05 Å². The van der Waals surface area contributed by atoms with Crippen LogP contribution in [0.4, 0.5) is 13.2 Å². The molecule has 0 spiro atoms. The maximum absolute atomic E-state index is 13.2. The summed E-state index contributed by atoms with van der Waals surface area (Å²) in [4.78, 5) is 2.42. The quantitative estimate of drug-likeness (QED) is 0.609. The zero-order chi connectivity index (χ0) is 20.0. The Labute approximate surface area is 163 Å². The SMILES string of the molecule is C=C(C)c1c(-c2ccc(C(F)(F)F)cc2CNC)sc2c1CC(C)(C)CC2. The third-order valence-electron chi connectivity index (χ3n) is 5.25. The van der Waals surface area contributed by atoms with Crippen LogP contribution >= 0.6 is 11.3 Å². The van der Waals surface area contributed by atoms with Crippen LogP contribution in [0.5, 0.6) is 0 Å². The number of hydrogen-bond donors (Lipinski definition) is 1. The third-order valence-corrected chi connectivity index (χ3v) is 6.57. The van der Waals surface area contributed by atoms with Gasteiger partial charge in [0.25, 0.3) is 0 Å². The van der Waals surface area contributed by atoms with Crippen molar-refractivity contribution in [2.24, 2.45) is 5.41 Å². The summed E-state index contributed by atoms with van der Waals surface area (Å²) in [6, 6.07) is 4.10. The first-order valence-electron chi connectivity index (χ1n) is 9.19. The van der Waals surface area contributed by atoms with Crippen molar-refractivity contribution in [1.82, 2.24) is 5.32 Å². The van der Waals surface area contributed by atoms with Crippen molar-refractivity contribution in [3.8, 4) is 10.4 Å². The number of allylic oxidation sites excluding steroid dienone is 1. The van der Waals surface area contributed by atoms with E-state index in [1.807, 2.05) is 6.92 Å². The maximum atomic E-state index is 13.2. The number of fused-ring (bicyclic) bond motifs is 1. The van der Waals surface area contributed by atoms with Crippen LogP contribution in [0.2, 0.25) is 0 Å². The van der Waals surface area contributed by atoms with Crippen molar-refractivity contribution in [3.05, 3.63) is 51.9 Å². The van der Waals surface area contributed by atoms with Gasteiger partial charge in [-0.25, -0.2) is 0 Å². The van der Waals surface area contributed by atoms with Gasteiger partial charge < -0.3 is 5.32 Å². The van der Waals surface area contributed by atoms with Gasteiger partial charge in [0.1, 0.15) is 0 Å². The van der Waals surface area contributed by atoms with Crippen LogP contribution in [0.3, 0.4) is 0 Å². The third kappa shape index (κ3) is 3.99. The van der Waals surface area contributed by atoms with E-state index in [0.717, 1.165) is 40.8 Å². The summed E-state index contributed by atoms with van der Waals surface area (Å²) < 4.78 is 39.6. The fraction of sp³-hybridized carbons (Fsp3) is 0.455. The van der Waals surface area contributed by atoms with Crippen molar-refractivity contribution in [2.45, 2.75) is 52.8 Å². The average Bonchev–Trinajstić information content (AvgIpc) is 2.91. The van der Waals surface area contributed by atoms with Crippen molar-refractivity contribution >= 4 is 16.9 Å². The topological polar surface area (TPSA) is 12.0 Å². The fourth-order valence-electron chi connectivity index (χ4n) is 3.89. The van der Waals surface area contributed by atoms with E-state index in [9.17, 15) is 13.2 Å². The first kappa shape index (κ1) is 20.2. The molecule has 3 rings (SSSR count). The summed E-state index contributed by atoms with van der Waals surface area (Å²) in [5.74, 6) is 0. The second-order valence-corrected chi connectivity index (χ2v) is 9.33. The van der Waals surface area contributed by atoms with Crippen LogP contribution in [-0.2, 0) is 25.6 Å². The Kier molecular flexibility index (Phi) is 5.30. The van der Waals surface area contributed by atoms with Crippen molar-refractivity contribution in [3.63, 3.8) is 0 Å². The molecule has 1 heterocycles. The zero-order valence-electron chi connectivity index (χ0n) is 16.3. The molecule has 0 saturated carbocycles. The number of hydrogen-bond acceptors (Lipinski definition) is 2. The number of alkyl halides is 3. The molecule has 1 aromatic carbocycles. The minimum Gasteiger partial charge on any atom is -0.316 e. The Morgan fingerprint density at radius 2 is 2.00 bits per heavy atom. The summed E-state index contributed by atoms with van der Waals surface area (Å²) >= 11 is 1.73. The summed E-state index contributed by atoms with van der Waals surface area (Å²) in [5.41, 5.74) is 4.66. The van der Waals surface area contributed by atoms with Gasteiger partial charge in [0, 0.05) is 16.3 Å². The molecule has 1 N–H and O–H groups in total. The molecule has 27 heavy (non-hydrogen) atoms. The van der Waals surface area contributed by atoms with Gasteiger partial charge in [-0.15, -0.1) is 11.3 Å². The molecule has 1 aliphatic rings. The fourth-order valence-corrected chi connectivity index (χ4v) is 5.35. The van der Waals surface area contributed by atoms with Crippen LogP contribution < -0.4 is 5.32 Å². The first-order chi connectivity index (χ1) is 12.5. The predicted octanol–water partition coefficient (Wildman–Crippen LogP) is 6.70. The van der Waals surface area contributed by atoms with E-state index < -0.39 is 11.7 Å². The normalized spacial score (nSPS) is 16.3. The van der Waals surface area contributed by atoms with Gasteiger partial charge in [0.2, 0.25) is 0 Å². The highest BCUT2D eigenvalue weighted by atomic mass is 32.1. The average molecular weight is 394 g/mol. The van der Waals surface area contributed by atoms with Crippen molar-refractivity contribution in [1.29, 1.82) is 0 Å². The molecule has 1 nitrogen and oxygen atoms in total. The Balaban J connectivity index is 2.19. The molecule has 0 aliphatic heterocycles. The molecule has 0 unspecified atom stereocenters. The second-order valence-electron chi connectivity index (χ2n) is 8.23. The van der Waals surface area contributed by atoms with Gasteiger partial charge in [-0.2, -0.15) is 13.2 Å². The van der Waals surface area contributed by atoms with Gasteiger partial charge in [0.05, 0.1) is 5.56 Å². The molecular weight excluding hydrogens is 367 g/mol. The van der Waals surface area contributed by atoms with Crippen LogP contribution in [0.1, 0.15) is 54.3 Å². The molecule has 0 amide bonds. The smallest absolute Gasteiger partial charge is 0.316 e.